The summed E-state index contributed by atoms with van der Waals surface area (Å²) in [6.07, 6.45) is 3.90. The minimum absolute atomic E-state index is 0.0428. The first-order chi connectivity index (χ1) is 13.4. The van der Waals surface area contributed by atoms with Gasteiger partial charge >= 0.3 is 0 Å². The summed E-state index contributed by atoms with van der Waals surface area (Å²) in [7, 11) is 3.94. The van der Waals surface area contributed by atoms with Gasteiger partial charge in [0.05, 0.1) is 23.1 Å². The molecule has 0 spiro atoms. The molecule has 0 unspecified atom stereocenters. The lowest BCUT2D eigenvalue weighted by Gasteiger charge is -2.18. The maximum atomic E-state index is 12.9. The van der Waals surface area contributed by atoms with E-state index >= 15 is 0 Å². The number of hydrogen-bond donors (Lipinski definition) is 2. The topological polar surface area (TPSA) is 96.6 Å². The Labute approximate surface area is 169 Å². The molecule has 150 valence electrons. The zero-order valence-electron chi connectivity index (χ0n) is 16.1. The van der Waals surface area contributed by atoms with Crippen LogP contribution in [0.5, 0.6) is 5.75 Å². The van der Waals surface area contributed by atoms with Gasteiger partial charge in [-0.05, 0) is 38.7 Å². The monoisotopic (exact) mass is 404 g/mol. The van der Waals surface area contributed by atoms with Crippen molar-refractivity contribution in [2.45, 2.75) is 12.5 Å². The zero-order chi connectivity index (χ0) is 20.1. The predicted molar refractivity (Wildman–Crippen MR) is 110 cm³/mol. The molecule has 0 aliphatic carbocycles. The number of nitrogens with two attached hydrogens (primary N) is 1. The number of nitrogens with zero attached hydrogens (tertiary/aromatic N) is 4. The molecule has 0 saturated carbocycles. The molecule has 1 aromatic heterocycles. The van der Waals surface area contributed by atoms with E-state index in [1.165, 1.54) is 0 Å². The Morgan fingerprint density at radius 2 is 2.14 bits per heavy atom. The highest BCUT2D eigenvalue weighted by Gasteiger charge is 2.27. The van der Waals surface area contributed by atoms with E-state index in [4.69, 9.17) is 22.1 Å². The van der Waals surface area contributed by atoms with Crippen LogP contribution in [0.4, 0.5) is 11.6 Å². The molecule has 9 heteroatoms. The van der Waals surface area contributed by atoms with E-state index in [1.807, 2.05) is 23.9 Å². The number of benzene rings is 1. The highest BCUT2D eigenvalue weighted by Crippen LogP contribution is 2.25. The minimum atomic E-state index is -0.0428. The van der Waals surface area contributed by atoms with Crippen molar-refractivity contribution in [1.82, 2.24) is 19.8 Å². The number of ether oxygens (including phenoxy) is 1. The van der Waals surface area contributed by atoms with E-state index < -0.39 is 0 Å². The van der Waals surface area contributed by atoms with E-state index in [9.17, 15) is 4.79 Å². The normalized spacial score (nSPS) is 16.4. The molecule has 0 radical (unpaired) electrons. The summed E-state index contributed by atoms with van der Waals surface area (Å²) in [4.78, 5) is 25.0. The minimum Gasteiger partial charge on any atom is -0.490 e. The summed E-state index contributed by atoms with van der Waals surface area (Å²) in [6.45, 7) is 2.51. The molecule has 1 saturated heterocycles. The molecule has 3 N–H and O–H groups in total. The van der Waals surface area contributed by atoms with Crippen LogP contribution in [0.1, 0.15) is 16.8 Å². The molecule has 1 fully saturated rings. The van der Waals surface area contributed by atoms with Crippen molar-refractivity contribution in [1.29, 1.82) is 0 Å². The molecule has 3 rings (SSSR count). The Kier molecular flexibility index (Phi) is 6.53. The van der Waals surface area contributed by atoms with Crippen LogP contribution in [0.3, 0.4) is 0 Å². The van der Waals surface area contributed by atoms with Gasteiger partial charge in [0.2, 0.25) is 5.95 Å². The molecule has 1 aromatic carbocycles. The van der Waals surface area contributed by atoms with Crippen LogP contribution in [0.2, 0.25) is 5.02 Å². The summed E-state index contributed by atoms with van der Waals surface area (Å²) < 4.78 is 5.73. The van der Waals surface area contributed by atoms with Gasteiger partial charge in [-0.1, -0.05) is 11.6 Å². The van der Waals surface area contributed by atoms with E-state index in [0.29, 0.717) is 47.7 Å². The van der Waals surface area contributed by atoms with Crippen LogP contribution < -0.4 is 15.8 Å². The van der Waals surface area contributed by atoms with Crippen molar-refractivity contribution >= 4 is 29.1 Å². The Hall–Kier alpha value is -2.58. The van der Waals surface area contributed by atoms with Gasteiger partial charge in [-0.25, -0.2) is 9.97 Å². The lowest BCUT2D eigenvalue weighted by Crippen LogP contribution is -2.32. The second-order valence-corrected chi connectivity index (χ2v) is 7.45. The number of rotatable bonds is 7. The van der Waals surface area contributed by atoms with Crippen LogP contribution in [-0.4, -0.2) is 72.1 Å². The predicted octanol–water partition coefficient (Wildman–Crippen LogP) is 1.98. The highest BCUT2D eigenvalue weighted by atomic mass is 35.5. The first-order valence-electron chi connectivity index (χ1n) is 9.13. The number of anilines is 2. The van der Waals surface area contributed by atoms with Gasteiger partial charge in [0.1, 0.15) is 12.4 Å². The number of likely N-dealkylation sites (N-methyl/N-ethyl adjacent to an activating group) is 1. The molecule has 1 amide bonds. The molecular weight excluding hydrogens is 380 g/mol. The van der Waals surface area contributed by atoms with Crippen molar-refractivity contribution in [3.8, 4) is 5.75 Å². The van der Waals surface area contributed by atoms with Crippen molar-refractivity contribution in [2.75, 3.05) is 51.4 Å². The third-order valence-corrected chi connectivity index (χ3v) is 4.68. The van der Waals surface area contributed by atoms with E-state index in [0.717, 1.165) is 13.0 Å². The molecular formula is C19H25ClN6O2. The Bertz CT molecular complexity index is 815. The third kappa shape index (κ3) is 5.24. The first kappa shape index (κ1) is 20.2. The fraction of sp³-hybridized carbons (Fsp3) is 0.421. The Balaban J connectivity index is 1.60. The van der Waals surface area contributed by atoms with Crippen molar-refractivity contribution in [3.05, 3.63) is 41.2 Å². The molecule has 2 heterocycles. The smallest absolute Gasteiger partial charge is 0.254 e. The van der Waals surface area contributed by atoms with Crippen LogP contribution >= 0.6 is 11.6 Å². The SMILES string of the molecule is CN(C)CCOc1cc(C(=O)N2CC[C@H](Nc3ncc(Cl)cn3)C2)ccc1N. The first-order valence-corrected chi connectivity index (χ1v) is 9.50. The molecule has 1 atom stereocenters. The van der Waals surface area contributed by atoms with Crippen LogP contribution in [-0.2, 0) is 0 Å². The van der Waals surface area contributed by atoms with E-state index in [1.54, 1.807) is 30.6 Å². The fourth-order valence-corrected chi connectivity index (χ4v) is 3.04. The average molecular weight is 405 g/mol. The maximum Gasteiger partial charge on any atom is 0.254 e. The number of nitrogen functional groups attached to an aromatic ring is 1. The number of nitrogens with one attached hydrogen (secondary N) is 1. The number of halogens is 1. The van der Waals surface area contributed by atoms with Crippen molar-refractivity contribution < 1.29 is 9.53 Å². The second kappa shape index (κ2) is 9.07. The Morgan fingerprint density at radius 1 is 1.39 bits per heavy atom. The lowest BCUT2D eigenvalue weighted by molar-refractivity contribution is 0.0791. The second-order valence-electron chi connectivity index (χ2n) is 7.01. The fourth-order valence-electron chi connectivity index (χ4n) is 2.95. The quantitative estimate of drug-likeness (QED) is 0.681. The number of carbonyl (C=O) groups is 1. The number of aromatic nitrogens is 2. The van der Waals surface area contributed by atoms with Crippen LogP contribution in [0.15, 0.2) is 30.6 Å². The van der Waals surface area contributed by atoms with Gasteiger partial charge in [0.15, 0.2) is 0 Å². The Morgan fingerprint density at radius 3 is 2.86 bits per heavy atom. The molecule has 1 aliphatic rings. The van der Waals surface area contributed by atoms with E-state index in [-0.39, 0.29) is 11.9 Å². The molecule has 0 bridgehead atoms. The number of hydrogen-bond acceptors (Lipinski definition) is 7. The van der Waals surface area contributed by atoms with Gasteiger partial charge in [-0.15, -0.1) is 0 Å². The highest BCUT2D eigenvalue weighted by molar-refractivity contribution is 6.30. The molecule has 2 aromatic rings. The van der Waals surface area contributed by atoms with Gasteiger partial charge in [0, 0.05) is 31.2 Å². The van der Waals surface area contributed by atoms with E-state index in [2.05, 4.69) is 15.3 Å². The summed E-state index contributed by atoms with van der Waals surface area (Å²) in [5, 5.41) is 3.73. The van der Waals surface area contributed by atoms with Gasteiger partial charge in [-0.2, -0.15) is 0 Å². The summed E-state index contributed by atoms with van der Waals surface area (Å²) >= 11 is 5.80. The lowest BCUT2D eigenvalue weighted by atomic mass is 10.1. The van der Waals surface area contributed by atoms with Gasteiger partial charge < -0.3 is 25.6 Å². The number of amides is 1. The summed E-state index contributed by atoms with van der Waals surface area (Å²) in [6, 6.07) is 5.26. The standard InChI is InChI=1S/C19H25ClN6O2/c1-25(2)7-8-28-17-9-13(3-4-16(17)21)18(27)26-6-5-15(12-26)24-19-22-10-14(20)11-23-19/h3-4,9-11,15H,5-8,12,21H2,1-2H3,(H,22,23,24)/t15-/m0/s1. The summed E-state index contributed by atoms with van der Waals surface area (Å²) in [5.41, 5.74) is 7.07. The van der Waals surface area contributed by atoms with Gasteiger partial charge in [0.25, 0.3) is 5.91 Å². The van der Waals surface area contributed by atoms with Crippen LogP contribution in [0, 0.1) is 0 Å². The largest absolute Gasteiger partial charge is 0.490 e. The summed E-state index contributed by atoms with van der Waals surface area (Å²) in [5.74, 6) is 1.00. The average Bonchev–Trinajstić information content (AvgIpc) is 3.13. The van der Waals surface area contributed by atoms with Crippen molar-refractivity contribution in [2.24, 2.45) is 0 Å². The van der Waals surface area contributed by atoms with Crippen LogP contribution in [0.25, 0.3) is 0 Å². The maximum absolute atomic E-state index is 12.9. The molecule has 8 nitrogen and oxygen atoms in total. The molecule has 1 aliphatic heterocycles. The third-order valence-electron chi connectivity index (χ3n) is 4.49. The zero-order valence-corrected chi connectivity index (χ0v) is 16.8. The number of carbonyl (C=O) groups excluding carboxylic acids is 1. The van der Waals surface area contributed by atoms with Gasteiger partial charge in [-0.3, -0.25) is 4.79 Å². The molecule has 28 heavy (non-hydrogen) atoms. The van der Waals surface area contributed by atoms with Crippen molar-refractivity contribution in [3.63, 3.8) is 0 Å². The number of likely N-dealkylation sites (tertiary alicyclic amines) is 1.